The van der Waals surface area contributed by atoms with Gasteiger partial charge in [0.15, 0.2) is 0 Å². The lowest BCUT2D eigenvalue weighted by Crippen LogP contribution is -2.19. The van der Waals surface area contributed by atoms with Crippen molar-refractivity contribution in [1.29, 1.82) is 0 Å². The Bertz CT molecular complexity index is 728. The fraction of sp³-hybridized carbons (Fsp3) is 0.333. The number of nitrogens with zero attached hydrogens (tertiary/aromatic N) is 3. The molecule has 0 amide bonds. The van der Waals surface area contributed by atoms with Gasteiger partial charge in [0.2, 0.25) is 5.89 Å². The molecule has 0 fully saturated rings. The zero-order valence-corrected chi connectivity index (χ0v) is 11.9. The highest BCUT2D eigenvalue weighted by atomic mass is 16.4. The van der Waals surface area contributed by atoms with E-state index in [9.17, 15) is 0 Å². The number of aromatic nitrogens is 3. The van der Waals surface area contributed by atoms with Gasteiger partial charge >= 0.3 is 0 Å². The predicted octanol–water partition coefficient (Wildman–Crippen LogP) is 2.79. The van der Waals surface area contributed by atoms with Crippen LogP contribution in [0.15, 0.2) is 35.0 Å². The molecule has 5 heteroatoms. The van der Waals surface area contributed by atoms with Crippen LogP contribution in [-0.2, 0) is 6.54 Å². The van der Waals surface area contributed by atoms with E-state index >= 15 is 0 Å². The smallest absolute Gasteiger partial charge is 0.211 e. The molecule has 3 rings (SSSR count). The van der Waals surface area contributed by atoms with Crippen LogP contribution in [0.5, 0.6) is 0 Å². The summed E-state index contributed by atoms with van der Waals surface area (Å²) in [6, 6.07) is 6.09. The van der Waals surface area contributed by atoms with Gasteiger partial charge in [0.25, 0.3) is 0 Å². The van der Waals surface area contributed by atoms with Crippen molar-refractivity contribution in [2.45, 2.75) is 33.4 Å². The second-order valence-corrected chi connectivity index (χ2v) is 4.98. The number of pyridine rings is 1. The lowest BCUT2D eigenvalue weighted by Gasteiger charge is -2.10. The van der Waals surface area contributed by atoms with Gasteiger partial charge in [-0.05, 0) is 32.9 Å². The van der Waals surface area contributed by atoms with Crippen molar-refractivity contribution in [3.8, 4) is 0 Å². The fourth-order valence-electron chi connectivity index (χ4n) is 2.29. The number of aryl methyl sites for hydroxylation is 2. The molecule has 1 atom stereocenters. The topological polar surface area (TPSA) is 55.4 Å². The van der Waals surface area contributed by atoms with Crippen molar-refractivity contribution in [2.24, 2.45) is 0 Å². The molecule has 0 radical (unpaired) electrons. The number of fused-ring (bicyclic) bond motifs is 1. The van der Waals surface area contributed by atoms with Crippen molar-refractivity contribution in [3.05, 3.63) is 53.6 Å². The van der Waals surface area contributed by atoms with E-state index in [2.05, 4.69) is 19.7 Å². The molecule has 5 nitrogen and oxygen atoms in total. The molecule has 1 N–H and O–H groups in total. The van der Waals surface area contributed by atoms with Crippen LogP contribution < -0.4 is 5.32 Å². The molecule has 104 valence electrons. The first-order valence-electron chi connectivity index (χ1n) is 6.73. The van der Waals surface area contributed by atoms with Crippen LogP contribution in [0.1, 0.15) is 36.0 Å². The van der Waals surface area contributed by atoms with E-state index < -0.39 is 0 Å². The fourth-order valence-corrected chi connectivity index (χ4v) is 2.29. The third-order valence-corrected chi connectivity index (χ3v) is 3.41. The lowest BCUT2D eigenvalue weighted by molar-refractivity contribution is 0.400. The van der Waals surface area contributed by atoms with Crippen molar-refractivity contribution in [1.82, 2.24) is 19.7 Å². The minimum atomic E-state index is 0.0670. The van der Waals surface area contributed by atoms with E-state index in [4.69, 9.17) is 4.42 Å². The van der Waals surface area contributed by atoms with Crippen LogP contribution in [0.25, 0.3) is 5.65 Å². The first kappa shape index (κ1) is 12.9. The molecule has 20 heavy (non-hydrogen) atoms. The molecule has 0 bridgehead atoms. The average molecular weight is 270 g/mol. The lowest BCUT2D eigenvalue weighted by atomic mass is 10.3. The molecule has 0 aliphatic rings. The Morgan fingerprint density at radius 2 is 2.20 bits per heavy atom. The molecule has 3 aromatic heterocycles. The van der Waals surface area contributed by atoms with Crippen LogP contribution in [0.3, 0.4) is 0 Å². The minimum absolute atomic E-state index is 0.0670. The number of imidazole rings is 1. The molecule has 3 aromatic rings. The predicted molar refractivity (Wildman–Crippen MR) is 76.4 cm³/mol. The maximum absolute atomic E-state index is 5.54. The van der Waals surface area contributed by atoms with Crippen LogP contribution in [0, 0.1) is 13.8 Å². The summed E-state index contributed by atoms with van der Waals surface area (Å²) in [6.07, 6.45) is 3.78. The van der Waals surface area contributed by atoms with Gasteiger partial charge in [0, 0.05) is 12.7 Å². The Balaban J connectivity index is 1.78. The van der Waals surface area contributed by atoms with E-state index in [1.807, 2.05) is 45.2 Å². The van der Waals surface area contributed by atoms with Crippen molar-refractivity contribution < 1.29 is 4.42 Å². The third kappa shape index (κ3) is 2.32. The van der Waals surface area contributed by atoms with Crippen molar-refractivity contribution in [2.75, 3.05) is 0 Å². The van der Waals surface area contributed by atoms with Gasteiger partial charge in [-0.1, -0.05) is 6.07 Å². The quantitative estimate of drug-likeness (QED) is 0.792. The highest BCUT2D eigenvalue weighted by molar-refractivity contribution is 5.42. The first-order valence-corrected chi connectivity index (χ1v) is 6.73. The van der Waals surface area contributed by atoms with Crippen molar-refractivity contribution >= 4 is 5.65 Å². The summed E-state index contributed by atoms with van der Waals surface area (Å²) >= 11 is 0. The Morgan fingerprint density at radius 3 is 2.95 bits per heavy atom. The molecule has 0 aliphatic heterocycles. The summed E-state index contributed by atoms with van der Waals surface area (Å²) < 4.78 is 7.64. The zero-order chi connectivity index (χ0) is 14.1. The summed E-state index contributed by atoms with van der Waals surface area (Å²) in [5.74, 6) is 1.55. The van der Waals surface area contributed by atoms with Crippen molar-refractivity contribution in [3.63, 3.8) is 0 Å². The highest BCUT2D eigenvalue weighted by Crippen LogP contribution is 2.15. The molecule has 0 aromatic carbocycles. The Hall–Kier alpha value is -2.14. The normalized spacial score (nSPS) is 12.9. The Kier molecular flexibility index (Phi) is 3.28. The Labute approximate surface area is 117 Å². The molecular weight excluding hydrogens is 252 g/mol. The summed E-state index contributed by atoms with van der Waals surface area (Å²) in [6.45, 7) is 6.70. The Morgan fingerprint density at radius 1 is 1.35 bits per heavy atom. The number of hydrogen-bond acceptors (Lipinski definition) is 4. The first-order chi connectivity index (χ1) is 9.65. The van der Waals surface area contributed by atoms with Crippen LogP contribution in [-0.4, -0.2) is 14.4 Å². The SMILES string of the molecule is Cc1cnc(C(C)NCc2c(C)nc3ccccn23)o1. The van der Waals surface area contributed by atoms with E-state index in [1.54, 1.807) is 6.20 Å². The number of hydrogen-bond donors (Lipinski definition) is 1. The zero-order valence-electron chi connectivity index (χ0n) is 11.9. The molecule has 0 spiro atoms. The molecule has 0 aliphatic carbocycles. The van der Waals surface area contributed by atoms with Gasteiger partial charge in [-0.15, -0.1) is 0 Å². The summed E-state index contributed by atoms with van der Waals surface area (Å²) in [5.41, 5.74) is 3.18. The molecule has 0 saturated carbocycles. The third-order valence-electron chi connectivity index (χ3n) is 3.41. The van der Waals surface area contributed by atoms with Gasteiger partial charge in [0.05, 0.1) is 23.6 Å². The number of rotatable bonds is 4. The van der Waals surface area contributed by atoms with E-state index in [-0.39, 0.29) is 6.04 Å². The van der Waals surface area contributed by atoms with Crippen LogP contribution >= 0.6 is 0 Å². The van der Waals surface area contributed by atoms with Gasteiger partial charge < -0.3 is 14.1 Å². The highest BCUT2D eigenvalue weighted by Gasteiger charge is 2.13. The summed E-state index contributed by atoms with van der Waals surface area (Å²) in [7, 11) is 0. The van der Waals surface area contributed by atoms with E-state index in [0.29, 0.717) is 5.89 Å². The minimum Gasteiger partial charge on any atom is -0.444 e. The van der Waals surface area contributed by atoms with Gasteiger partial charge in [0.1, 0.15) is 11.4 Å². The number of nitrogens with one attached hydrogen (secondary N) is 1. The summed E-state index contributed by atoms with van der Waals surface area (Å²) in [5, 5.41) is 3.43. The molecule has 1 unspecified atom stereocenters. The largest absolute Gasteiger partial charge is 0.444 e. The molecule has 3 heterocycles. The standard InChI is InChI=1S/C15H18N4O/c1-10-8-17-15(20-10)12(3)16-9-13-11(2)18-14-6-4-5-7-19(13)14/h4-8,12,16H,9H2,1-3H3. The van der Waals surface area contributed by atoms with Gasteiger partial charge in [-0.2, -0.15) is 0 Å². The second kappa shape index (κ2) is 5.09. The van der Waals surface area contributed by atoms with E-state index in [0.717, 1.165) is 29.3 Å². The summed E-state index contributed by atoms with van der Waals surface area (Å²) in [4.78, 5) is 8.80. The van der Waals surface area contributed by atoms with Crippen LogP contribution in [0.2, 0.25) is 0 Å². The molecular formula is C15H18N4O. The van der Waals surface area contributed by atoms with Gasteiger partial charge in [-0.25, -0.2) is 9.97 Å². The van der Waals surface area contributed by atoms with E-state index in [1.165, 1.54) is 0 Å². The maximum Gasteiger partial charge on any atom is 0.211 e. The maximum atomic E-state index is 5.54. The number of oxazole rings is 1. The second-order valence-electron chi connectivity index (χ2n) is 4.98. The molecule has 0 saturated heterocycles. The van der Waals surface area contributed by atoms with Crippen LogP contribution in [0.4, 0.5) is 0 Å². The average Bonchev–Trinajstić information content (AvgIpc) is 2.99. The monoisotopic (exact) mass is 270 g/mol. The van der Waals surface area contributed by atoms with Gasteiger partial charge in [-0.3, -0.25) is 0 Å².